The van der Waals surface area contributed by atoms with Gasteiger partial charge in [-0.3, -0.25) is 4.79 Å². The van der Waals surface area contributed by atoms with Crippen molar-refractivity contribution < 1.29 is 14.7 Å². The molecule has 1 aromatic rings. The Bertz CT molecular complexity index is 492. The molecule has 0 fully saturated rings. The first kappa shape index (κ1) is 13.9. The number of thioether (sulfide) groups is 1. The Morgan fingerprint density at radius 2 is 2.16 bits per heavy atom. The number of hydrogen-bond donors (Lipinski definition) is 2. The molecule has 1 heterocycles. The molecule has 19 heavy (non-hydrogen) atoms. The van der Waals surface area contributed by atoms with E-state index in [0.29, 0.717) is 12.8 Å². The maximum Gasteiger partial charge on any atom is 0.329 e. The summed E-state index contributed by atoms with van der Waals surface area (Å²) in [7, 11) is 0. The van der Waals surface area contributed by atoms with Crippen LogP contribution in [0.1, 0.15) is 25.8 Å². The number of carbonyl (C=O) groups is 2. The van der Waals surface area contributed by atoms with Crippen molar-refractivity contribution in [2.75, 3.05) is 0 Å². The number of rotatable bonds is 4. The van der Waals surface area contributed by atoms with E-state index in [1.165, 1.54) is 11.8 Å². The van der Waals surface area contributed by atoms with Crippen molar-refractivity contribution in [3.05, 3.63) is 29.8 Å². The van der Waals surface area contributed by atoms with Crippen molar-refractivity contribution in [2.45, 2.75) is 42.4 Å². The molecule has 0 aromatic heterocycles. The third kappa shape index (κ3) is 2.76. The van der Waals surface area contributed by atoms with Crippen LogP contribution < -0.4 is 5.32 Å². The molecule has 2 unspecified atom stereocenters. The van der Waals surface area contributed by atoms with Crippen molar-refractivity contribution in [3.8, 4) is 0 Å². The fourth-order valence-electron chi connectivity index (χ4n) is 1.97. The maximum absolute atomic E-state index is 12.2. The van der Waals surface area contributed by atoms with Crippen LogP contribution in [0.15, 0.2) is 29.2 Å². The van der Waals surface area contributed by atoms with E-state index in [4.69, 9.17) is 0 Å². The minimum absolute atomic E-state index is 0.201. The molecule has 1 aliphatic rings. The summed E-state index contributed by atoms with van der Waals surface area (Å²) in [4.78, 5) is 24.5. The van der Waals surface area contributed by atoms with E-state index < -0.39 is 11.5 Å². The van der Waals surface area contributed by atoms with Gasteiger partial charge in [0.1, 0.15) is 5.54 Å². The highest BCUT2D eigenvalue weighted by Crippen LogP contribution is 2.37. The largest absolute Gasteiger partial charge is 0.480 e. The predicted octanol–water partition coefficient (Wildman–Crippen LogP) is 2.07. The number of carboxylic acid groups (broad SMARTS) is 1. The summed E-state index contributed by atoms with van der Waals surface area (Å²) in [5.41, 5.74) is -0.0342. The van der Waals surface area contributed by atoms with E-state index in [2.05, 4.69) is 5.32 Å². The van der Waals surface area contributed by atoms with E-state index in [1.807, 2.05) is 24.3 Å². The molecule has 0 bridgehead atoms. The zero-order chi connectivity index (χ0) is 14.0. The van der Waals surface area contributed by atoms with E-state index in [1.54, 1.807) is 13.8 Å². The van der Waals surface area contributed by atoms with Crippen molar-refractivity contribution in [2.24, 2.45) is 0 Å². The minimum atomic E-state index is -1.19. The Morgan fingerprint density at radius 1 is 1.47 bits per heavy atom. The van der Waals surface area contributed by atoms with Crippen molar-refractivity contribution in [3.63, 3.8) is 0 Å². The number of benzene rings is 1. The molecule has 0 aliphatic carbocycles. The van der Waals surface area contributed by atoms with Crippen LogP contribution in [0.3, 0.4) is 0 Å². The van der Waals surface area contributed by atoms with Crippen LogP contribution in [0.4, 0.5) is 0 Å². The molecular weight excluding hydrogens is 262 g/mol. The summed E-state index contributed by atoms with van der Waals surface area (Å²) in [5.74, 6) is -1.20. The number of aliphatic carboxylic acids is 1. The Hall–Kier alpha value is -1.49. The molecule has 0 spiro atoms. The Kier molecular flexibility index (Phi) is 3.85. The first-order chi connectivity index (χ1) is 8.96. The molecule has 1 aliphatic heterocycles. The lowest BCUT2D eigenvalue weighted by Gasteiger charge is -2.26. The zero-order valence-electron chi connectivity index (χ0n) is 11.0. The van der Waals surface area contributed by atoms with Gasteiger partial charge in [0.15, 0.2) is 0 Å². The number of hydrogen-bond acceptors (Lipinski definition) is 3. The van der Waals surface area contributed by atoms with Crippen LogP contribution in [-0.4, -0.2) is 27.8 Å². The summed E-state index contributed by atoms with van der Waals surface area (Å²) in [5, 5.41) is 11.6. The van der Waals surface area contributed by atoms with Gasteiger partial charge in [-0.1, -0.05) is 25.1 Å². The van der Waals surface area contributed by atoms with Crippen LogP contribution in [-0.2, 0) is 16.0 Å². The summed E-state index contributed by atoms with van der Waals surface area (Å²) in [6, 6.07) is 7.89. The summed E-state index contributed by atoms with van der Waals surface area (Å²) < 4.78 is 0. The van der Waals surface area contributed by atoms with Gasteiger partial charge >= 0.3 is 5.97 Å². The monoisotopic (exact) mass is 279 g/mol. The Labute approximate surface area is 116 Å². The van der Waals surface area contributed by atoms with Gasteiger partial charge in [0.05, 0.1) is 5.25 Å². The lowest BCUT2D eigenvalue weighted by molar-refractivity contribution is -0.146. The van der Waals surface area contributed by atoms with Crippen LogP contribution >= 0.6 is 11.8 Å². The highest BCUT2D eigenvalue weighted by atomic mass is 32.2. The van der Waals surface area contributed by atoms with Crippen LogP contribution in [0.5, 0.6) is 0 Å². The fraction of sp³-hybridized carbons (Fsp3) is 0.429. The van der Waals surface area contributed by atoms with Crippen molar-refractivity contribution in [1.29, 1.82) is 0 Å². The van der Waals surface area contributed by atoms with Gasteiger partial charge < -0.3 is 10.4 Å². The second-order valence-corrected chi connectivity index (χ2v) is 6.14. The molecule has 2 N–H and O–H groups in total. The van der Waals surface area contributed by atoms with E-state index in [9.17, 15) is 14.7 Å². The van der Waals surface area contributed by atoms with E-state index in [0.717, 1.165) is 10.5 Å². The fourth-order valence-corrected chi connectivity index (χ4v) is 3.17. The lowest BCUT2D eigenvalue weighted by Crippen LogP contribution is -2.54. The smallest absolute Gasteiger partial charge is 0.329 e. The SMILES string of the molecule is CCC(C)(NC(=O)C1Cc2ccccc2S1)C(=O)O. The number of carbonyl (C=O) groups excluding carboxylic acids is 1. The van der Waals surface area contributed by atoms with Crippen LogP contribution in [0, 0.1) is 0 Å². The standard InChI is InChI=1S/C14H17NO3S/c1-3-14(2,13(17)18)15-12(16)11-8-9-6-4-5-7-10(9)19-11/h4-7,11H,3,8H2,1-2H3,(H,15,16)(H,17,18). The maximum atomic E-state index is 12.2. The summed E-state index contributed by atoms with van der Waals surface area (Å²) in [6.45, 7) is 3.30. The molecule has 1 aromatic carbocycles. The van der Waals surface area contributed by atoms with Crippen molar-refractivity contribution >= 4 is 23.6 Å². The topological polar surface area (TPSA) is 66.4 Å². The van der Waals surface area contributed by atoms with Gasteiger partial charge in [0, 0.05) is 4.90 Å². The van der Waals surface area contributed by atoms with Gasteiger partial charge in [-0.2, -0.15) is 0 Å². The van der Waals surface area contributed by atoms with Gasteiger partial charge in [-0.25, -0.2) is 4.79 Å². The Morgan fingerprint density at radius 3 is 2.74 bits per heavy atom. The third-order valence-corrected chi connectivity index (χ3v) is 4.84. The molecular formula is C14H17NO3S. The predicted molar refractivity (Wildman–Crippen MR) is 74.3 cm³/mol. The summed E-state index contributed by atoms with van der Waals surface area (Å²) >= 11 is 1.50. The van der Waals surface area contributed by atoms with Crippen LogP contribution in [0.25, 0.3) is 0 Å². The third-order valence-electron chi connectivity index (χ3n) is 3.52. The highest BCUT2D eigenvalue weighted by Gasteiger charge is 2.36. The van der Waals surface area contributed by atoms with E-state index >= 15 is 0 Å². The number of amides is 1. The normalized spacial score (nSPS) is 20.4. The minimum Gasteiger partial charge on any atom is -0.480 e. The molecule has 5 heteroatoms. The zero-order valence-corrected chi connectivity index (χ0v) is 11.8. The number of carboxylic acids is 1. The van der Waals surface area contributed by atoms with Gasteiger partial charge in [0.2, 0.25) is 5.91 Å². The highest BCUT2D eigenvalue weighted by molar-refractivity contribution is 8.01. The molecule has 0 saturated carbocycles. The Balaban J connectivity index is 2.06. The molecule has 0 radical (unpaired) electrons. The number of fused-ring (bicyclic) bond motifs is 1. The lowest BCUT2D eigenvalue weighted by atomic mass is 9.98. The first-order valence-electron chi connectivity index (χ1n) is 6.26. The van der Waals surface area contributed by atoms with Crippen LogP contribution in [0.2, 0.25) is 0 Å². The average Bonchev–Trinajstić information content (AvgIpc) is 2.82. The van der Waals surface area contributed by atoms with Crippen molar-refractivity contribution in [1.82, 2.24) is 5.32 Å². The van der Waals surface area contributed by atoms with E-state index in [-0.39, 0.29) is 11.2 Å². The molecule has 0 saturated heterocycles. The first-order valence-corrected chi connectivity index (χ1v) is 7.14. The molecule has 2 rings (SSSR count). The average molecular weight is 279 g/mol. The summed E-state index contributed by atoms with van der Waals surface area (Å²) in [6.07, 6.45) is 1.02. The molecule has 2 atom stereocenters. The molecule has 1 amide bonds. The second-order valence-electron chi connectivity index (χ2n) is 4.90. The molecule has 4 nitrogen and oxygen atoms in total. The van der Waals surface area contributed by atoms with Gasteiger partial charge in [-0.15, -0.1) is 11.8 Å². The second kappa shape index (κ2) is 5.25. The molecule has 102 valence electrons. The van der Waals surface area contributed by atoms with Gasteiger partial charge in [-0.05, 0) is 31.4 Å². The quantitative estimate of drug-likeness (QED) is 0.885. The number of nitrogens with one attached hydrogen (secondary N) is 1. The van der Waals surface area contributed by atoms with Gasteiger partial charge in [0.25, 0.3) is 0 Å².